The van der Waals surface area contributed by atoms with Gasteiger partial charge in [-0.05, 0) is 71.7 Å². The second-order valence-electron chi connectivity index (χ2n) is 5.77. The van der Waals surface area contributed by atoms with Gasteiger partial charge in [-0.1, -0.05) is 18.5 Å². The van der Waals surface area contributed by atoms with Crippen LogP contribution in [0.25, 0.3) is 0 Å². The summed E-state index contributed by atoms with van der Waals surface area (Å²) in [5, 5.41) is 6.19. The second-order valence-corrected chi connectivity index (χ2v) is 7.06. The molecule has 2 aromatic rings. The zero-order valence-electron chi connectivity index (χ0n) is 14.5. The Balaban J connectivity index is 1.88. The van der Waals surface area contributed by atoms with Crippen LogP contribution in [0.15, 0.2) is 46.9 Å². The van der Waals surface area contributed by atoms with Crippen molar-refractivity contribution in [3.05, 3.63) is 57.5 Å². The molecule has 0 radical (unpaired) electrons. The van der Waals surface area contributed by atoms with Crippen LogP contribution in [0.5, 0.6) is 5.75 Å². The molecule has 5 nitrogen and oxygen atoms in total. The Morgan fingerprint density at radius 2 is 1.88 bits per heavy atom. The summed E-state index contributed by atoms with van der Waals surface area (Å²) in [4.78, 5) is 24.0. The van der Waals surface area contributed by atoms with E-state index in [0.717, 1.165) is 6.42 Å². The fraction of sp³-hybridized carbons (Fsp3) is 0.263. The third-order valence-corrected chi connectivity index (χ3v) is 4.53. The van der Waals surface area contributed by atoms with Crippen LogP contribution in [-0.4, -0.2) is 24.5 Å². The molecule has 2 aromatic carbocycles. The molecule has 7 heteroatoms. The predicted octanol–water partition coefficient (Wildman–Crippen LogP) is 4.65. The highest BCUT2D eigenvalue weighted by Gasteiger charge is 2.10. The molecular formula is C19H20BrClN2O3. The number of rotatable bonds is 7. The van der Waals surface area contributed by atoms with E-state index in [1.165, 1.54) is 0 Å². The van der Waals surface area contributed by atoms with Gasteiger partial charge in [-0.2, -0.15) is 0 Å². The van der Waals surface area contributed by atoms with Gasteiger partial charge in [0.05, 0.1) is 4.47 Å². The quantitative estimate of drug-likeness (QED) is 0.660. The molecule has 0 spiro atoms. The smallest absolute Gasteiger partial charge is 0.262 e. The third-order valence-electron chi connectivity index (χ3n) is 3.67. The van der Waals surface area contributed by atoms with Gasteiger partial charge < -0.3 is 15.4 Å². The maximum Gasteiger partial charge on any atom is 0.262 e. The summed E-state index contributed by atoms with van der Waals surface area (Å²) in [5.74, 6) is 0.0958. The van der Waals surface area contributed by atoms with Crippen molar-refractivity contribution in [3.63, 3.8) is 0 Å². The number of hydrogen-bond acceptors (Lipinski definition) is 3. The Bertz CT molecular complexity index is 781. The van der Waals surface area contributed by atoms with Crippen LogP contribution in [0.4, 0.5) is 5.69 Å². The molecule has 138 valence electrons. The summed E-state index contributed by atoms with van der Waals surface area (Å²) in [6, 6.07) is 11.9. The van der Waals surface area contributed by atoms with Crippen molar-refractivity contribution < 1.29 is 14.3 Å². The number of amides is 2. The molecule has 0 heterocycles. The van der Waals surface area contributed by atoms with Gasteiger partial charge in [0.2, 0.25) is 0 Å². The highest BCUT2D eigenvalue weighted by atomic mass is 79.9. The Labute approximate surface area is 166 Å². The Morgan fingerprint density at radius 3 is 2.50 bits per heavy atom. The predicted molar refractivity (Wildman–Crippen MR) is 107 cm³/mol. The molecule has 26 heavy (non-hydrogen) atoms. The largest absolute Gasteiger partial charge is 0.483 e. The lowest BCUT2D eigenvalue weighted by molar-refractivity contribution is -0.118. The summed E-state index contributed by atoms with van der Waals surface area (Å²) < 4.78 is 6.14. The summed E-state index contributed by atoms with van der Waals surface area (Å²) in [6.45, 7) is 3.82. The molecule has 0 aliphatic carbocycles. The van der Waals surface area contributed by atoms with Crippen LogP contribution >= 0.6 is 27.5 Å². The van der Waals surface area contributed by atoms with Gasteiger partial charge in [-0.15, -0.1) is 0 Å². The normalized spacial score (nSPS) is 11.5. The summed E-state index contributed by atoms with van der Waals surface area (Å²) in [7, 11) is 0. The van der Waals surface area contributed by atoms with Gasteiger partial charge in [0.15, 0.2) is 6.61 Å². The van der Waals surface area contributed by atoms with Crippen LogP contribution in [-0.2, 0) is 4.79 Å². The Hall–Kier alpha value is -2.05. The van der Waals surface area contributed by atoms with Crippen molar-refractivity contribution in [3.8, 4) is 5.75 Å². The first-order chi connectivity index (χ1) is 12.4. The van der Waals surface area contributed by atoms with E-state index in [9.17, 15) is 9.59 Å². The number of carbonyl (C=O) groups excluding carboxylic acids is 2. The van der Waals surface area contributed by atoms with Crippen molar-refractivity contribution in [1.82, 2.24) is 5.32 Å². The average Bonchev–Trinajstić information content (AvgIpc) is 2.61. The molecule has 2 amide bonds. The topological polar surface area (TPSA) is 67.4 Å². The Morgan fingerprint density at radius 1 is 1.19 bits per heavy atom. The highest BCUT2D eigenvalue weighted by molar-refractivity contribution is 9.10. The van der Waals surface area contributed by atoms with Crippen LogP contribution in [0.2, 0.25) is 5.02 Å². The molecule has 0 saturated carbocycles. The molecule has 1 atom stereocenters. The van der Waals surface area contributed by atoms with Gasteiger partial charge in [0.1, 0.15) is 5.75 Å². The van der Waals surface area contributed by atoms with Gasteiger partial charge >= 0.3 is 0 Å². The standard InChI is InChI=1S/C19H20BrClN2O3/c1-3-12(2)22-19(25)13-4-7-15(8-5-13)23-18(24)11-26-17-9-6-14(21)10-16(17)20/h4-10,12H,3,11H2,1-2H3,(H,22,25)(H,23,24). The van der Waals surface area contributed by atoms with E-state index in [1.54, 1.807) is 42.5 Å². The first kappa shape index (κ1) is 20.3. The maximum atomic E-state index is 12.0. The van der Waals surface area contributed by atoms with E-state index in [1.807, 2.05) is 13.8 Å². The summed E-state index contributed by atoms with van der Waals surface area (Å²) >= 11 is 9.19. The van der Waals surface area contributed by atoms with Crippen molar-refractivity contribution in [2.45, 2.75) is 26.3 Å². The minimum Gasteiger partial charge on any atom is -0.483 e. The van der Waals surface area contributed by atoms with E-state index in [4.69, 9.17) is 16.3 Å². The van der Waals surface area contributed by atoms with Crippen molar-refractivity contribution in [2.24, 2.45) is 0 Å². The second kappa shape index (κ2) is 9.59. The number of halogens is 2. The van der Waals surface area contributed by atoms with Gasteiger partial charge in [-0.3, -0.25) is 9.59 Å². The minimum atomic E-state index is -0.302. The number of carbonyl (C=O) groups is 2. The van der Waals surface area contributed by atoms with Crippen LogP contribution < -0.4 is 15.4 Å². The fourth-order valence-electron chi connectivity index (χ4n) is 2.05. The zero-order valence-corrected chi connectivity index (χ0v) is 16.9. The van der Waals surface area contributed by atoms with Crippen molar-refractivity contribution >= 4 is 45.0 Å². The summed E-state index contributed by atoms with van der Waals surface area (Å²) in [6.07, 6.45) is 0.865. The van der Waals surface area contributed by atoms with Gasteiger partial charge in [0.25, 0.3) is 11.8 Å². The monoisotopic (exact) mass is 438 g/mol. The number of anilines is 1. The molecule has 1 unspecified atom stereocenters. The van der Waals surface area contributed by atoms with Gasteiger partial charge in [-0.25, -0.2) is 0 Å². The summed E-state index contributed by atoms with van der Waals surface area (Å²) in [5.41, 5.74) is 1.14. The molecule has 0 aliphatic rings. The lowest BCUT2D eigenvalue weighted by Crippen LogP contribution is -2.31. The number of hydrogen-bond donors (Lipinski definition) is 2. The van der Waals surface area contributed by atoms with Gasteiger partial charge in [0, 0.05) is 22.3 Å². The fourth-order valence-corrected chi connectivity index (χ4v) is 2.84. The molecule has 2 rings (SSSR count). The maximum absolute atomic E-state index is 12.0. The highest BCUT2D eigenvalue weighted by Crippen LogP contribution is 2.27. The first-order valence-corrected chi connectivity index (χ1v) is 9.34. The lowest BCUT2D eigenvalue weighted by atomic mass is 10.1. The van der Waals surface area contributed by atoms with Crippen LogP contribution in [0.1, 0.15) is 30.6 Å². The average molecular weight is 440 g/mol. The zero-order chi connectivity index (χ0) is 19.1. The molecule has 0 bridgehead atoms. The Kier molecular flexibility index (Phi) is 7.48. The van der Waals surface area contributed by atoms with E-state index in [-0.39, 0.29) is 24.5 Å². The third kappa shape index (κ3) is 6.04. The number of nitrogens with one attached hydrogen (secondary N) is 2. The first-order valence-electron chi connectivity index (χ1n) is 8.17. The van der Waals surface area contributed by atoms with E-state index in [0.29, 0.717) is 26.5 Å². The molecule has 0 aliphatic heterocycles. The number of ether oxygens (including phenoxy) is 1. The molecular weight excluding hydrogens is 420 g/mol. The van der Waals surface area contributed by atoms with Crippen LogP contribution in [0.3, 0.4) is 0 Å². The van der Waals surface area contributed by atoms with Crippen molar-refractivity contribution in [2.75, 3.05) is 11.9 Å². The number of benzene rings is 2. The van der Waals surface area contributed by atoms with E-state index in [2.05, 4.69) is 26.6 Å². The van der Waals surface area contributed by atoms with E-state index < -0.39 is 0 Å². The van der Waals surface area contributed by atoms with Crippen LogP contribution in [0, 0.1) is 0 Å². The van der Waals surface area contributed by atoms with E-state index >= 15 is 0 Å². The SMILES string of the molecule is CCC(C)NC(=O)c1ccc(NC(=O)COc2ccc(Cl)cc2Br)cc1. The molecule has 0 aromatic heterocycles. The van der Waals surface area contributed by atoms with Crippen molar-refractivity contribution in [1.29, 1.82) is 0 Å². The molecule has 2 N–H and O–H groups in total. The minimum absolute atomic E-state index is 0.117. The lowest BCUT2D eigenvalue weighted by Gasteiger charge is -2.12. The molecule has 0 fully saturated rings. The molecule has 0 saturated heterocycles.